The van der Waals surface area contributed by atoms with E-state index in [-0.39, 0.29) is 11.4 Å². The van der Waals surface area contributed by atoms with Gasteiger partial charge in [-0.1, -0.05) is 22.4 Å². The number of hydrogen-bond acceptors (Lipinski definition) is 4. The molecule has 0 bridgehead atoms. The van der Waals surface area contributed by atoms with Crippen LogP contribution in [0.5, 0.6) is 0 Å². The van der Waals surface area contributed by atoms with Crippen LogP contribution in [0.4, 0.5) is 29.1 Å². The summed E-state index contributed by atoms with van der Waals surface area (Å²) in [5.41, 5.74) is -0.302. The van der Waals surface area contributed by atoms with Gasteiger partial charge in [0.25, 0.3) is 0 Å². The molecule has 0 fully saturated rings. The second-order valence-electron chi connectivity index (χ2n) is 6.04. The largest absolute Gasteiger partial charge is 0.465 e. The van der Waals surface area contributed by atoms with Crippen molar-refractivity contribution in [3.05, 3.63) is 53.0 Å². The maximum atomic E-state index is 13.7. The van der Waals surface area contributed by atoms with E-state index in [0.717, 1.165) is 31.7 Å². The van der Waals surface area contributed by atoms with Crippen LogP contribution in [0, 0.1) is 5.82 Å². The molecule has 2 rings (SSSR count). The van der Waals surface area contributed by atoms with Gasteiger partial charge in [-0.05, 0) is 49.1 Å². The van der Waals surface area contributed by atoms with Crippen molar-refractivity contribution in [1.82, 2.24) is 4.98 Å². The molecule has 1 aromatic carbocycles. The Bertz CT molecular complexity index is 828. The third-order valence-electron chi connectivity index (χ3n) is 4.02. The lowest BCUT2D eigenvalue weighted by Crippen LogP contribution is -2.13. The van der Waals surface area contributed by atoms with E-state index in [1.807, 2.05) is 0 Å². The Morgan fingerprint density at radius 3 is 2.61 bits per heavy atom. The van der Waals surface area contributed by atoms with E-state index in [2.05, 4.69) is 31.0 Å². The number of anilines is 2. The van der Waals surface area contributed by atoms with Gasteiger partial charge in [-0.3, -0.25) is 0 Å². The summed E-state index contributed by atoms with van der Waals surface area (Å²) in [6.45, 7) is 0. The number of carbonyl (C=O) groups excluding carboxylic acids is 1. The third kappa shape index (κ3) is 5.92. The monoisotopic (exact) mass is 462 g/mol. The zero-order valence-electron chi connectivity index (χ0n) is 15.1. The number of benzene rings is 1. The molecule has 0 atom stereocenters. The zero-order chi connectivity index (χ0) is 20.7. The minimum absolute atomic E-state index is 0.0897. The molecular formula is C19H19BrF4N2O2. The smallest absolute Gasteiger partial charge is 0.417 e. The number of esters is 1. The van der Waals surface area contributed by atoms with Gasteiger partial charge >= 0.3 is 12.1 Å². The van der Waals surface area contributed by atoms with Crippen molar-refractivity contribution in [2.24, 2.45) is 0 Å². The fraction of sp³-hybridized carbons (Fsp3) is 0.368. The Balaban J connectivity index is 2.35. The number of ether oxygens (including phenoxy) is 1. The first-order chi connectivity index (χ1) is 13.3. The van der Waals surface area contributed by atoms with Crippen molar-refractivity contribution in [1.29, 1.82) is 0 Å². The Morgan fingerprint density at radius 1 is 1.21 bits per heavy atom. The Labute approximate surface area is 168 Å². The number of aromatic nitrogens is 1. The van der Waals surface area contributed by atoms with E-state index in [9.17, 15) is 22.4 Å². The van der Waals surface area contributed by atoms with Gasteiger partial charge in [-0.15, -0.1) is 0 Å². The van der Waals surface area contributed by atoms with Crippen LogP contribution in [0.2, 0.25) is 0 Å². The van der Waals surface area contributed by atoms with Gasteiger partial charge < -0.3 is 10.1 Å². The molecular weight excluding hydrogens is 444 g/mol. The molecule has 0 radical (unpaired) electrons. The molecule has 0 spiro atoms. The lowest BCUT2D eigenvalue weighted by atomic mass is 10.0. The van der Waals surface area contributed by atoms with Crippen molar-refractivity contribution < 1.29 is 27.1 Å². The normalized spacial score (nSPS) is 11.4. The molecule has 0 aliphatic carbocycles. The summed E-state index contributed by atoms with van der Waals surface area (Å²) in [7, 11) is 1.07. The third-order valence-corrected chi connectivity index (χ3v) is 4.58. The van der Waals surface area contributed by atoms with Gasteiger partial charge in [0.1, 0.15) is 17.2 Å². The number of rotatable bonds is 8. The molecule has 0 amide bonds. The molecule has 0 unspecified atom stereocenters. The van der Waals surface area contributed by atoms with Gasteiger partial charge in [0.2, 0.25) is 0 Å². The standard InChI is InChI=1S/C19H19BrF4N2O2/c1-28-18(27)15-10-13(19(22,23)24)11-25-17(15)26-16-7-6-14(21)9-12(16)5-3-2-4-8-20/h6-7,9-11H,2-5,8H2,1H3,(H,25,26). The van der Waals surface area contributed by atoms with Crippen LogP contribution >= 0.6 is 15.9 Å². The fourth-order valence-corrected chi connectivity index (χ4v) is 2.99. The van der Waals surface area contributed by atoms with Crippen LogP contribution in [0.1, 0.15) is 40.7 Å². The van der Waals surface area contributed by atoms with Crippen molar-refractivity contribution in [3.8, 4) is 0 Å². The number of halogens is 5. The van der Waals surface area contributed by atoms with Gasteiger partial charge in [0.15, 0.2) is 0 Å². The van der Waals surface area contributed by atoms with Crippen LogP contribution < -0.4 is 5.32 Å². The average molecular weight is 463 g/mol. The first-order valence-corrected chi connectivity index (χ1v) is 9.65. The molecule has 152 valence electrons. The number of hydrogen-bond donors (Lipinski definition) is 1. The Hall–Kier alpha value is -2.16. The molecule has 1 aromatic heterocycles. The molecule has 28 heavy (non-hydrogen) atoms. The maximum Gasteiger partial charge on any atom is 0.417 e. The predicted molar refractivity (Wildman–Crippen MR) is 102 cm³/mol. The Morgan fingerprint density at radius 2 is 1.96 bits per heavy atom. The molecule has 0 aliphatic rings. The Kier molecular flexibility index (Phi) is 7.79. The van der Waals surface area contributed by atoms with E-state index in [4.69, 9.17) is 0 Å². The molecule has 9 heteroatoms. The van der Waals surface area contributed by atoms with Crippen molar-refractivity contribution >= 4 is 33.4 Å². The highest BCUT2D eigenvalue weighted by molar-refractivity contribution is 9.09. The minimum Gasteiger partial charge on any atom is -0.465 e. The van der Waals surface area contributed by atoms with Gasteiger partial charge in [0, 0.05) is 17.2 Å². The number of unbranched alkanes of at least 4 members (excludes halogenated alkanes) is 2. The lowest BCUT2D eigenvalue weighted by Gasteiger charge is -2.15. The molecule has 4 nitrogen and oxygen atoms in total. The minimum atomic E-state index is -4.65. The summed E-state index contributed by atoms with van der Waals surface area (Å²) in [6.07, 6.45) is -0.716. The van der Waals surface area contributed by atoms with E-state index in [1.165, 1.54) is 18.2 Å². The summed E-state index contributed by atoms with van der Waals surface area (Å²) in [6, 6.07) is 4.74. The van der Waals surface area contributed by atoms with Crippen molar-refractivity contribution in [3.63, 3.8) is 0 Å². The van der Waals surface area contributed by atoms with Crippen molar-refractivity contribution in [2.45, 2.75) is 31.9 Å². The second kappa shape index (κ2) is 9.86. The van der Waals surface area contributed by atoms with Crippen LogP contribution in [-0.4, -0.2) is 23.4 Å². The second-order valence-corrected chi connectivity index (χ2v) is 6.83. The number of aryl methyl sites for hydroxylation is 1. The molecule has 0 saturated heterocycles. The number of pyridine rings is 1. The summed E-state index contributed by atoms with van der Waals surface area (Å²) in [5.74, 6) is -1.47. The van der Waals surface area contributed by atoms with E-state index < -0.39 is 23.5 Å². The molecule has 1 heterocycles. The van der Waals surface area contributed by atoms with Gasteiger partial charge in [-0.25, -0.2) is 14.2 Å². The quantitative estimate of drug-likeness (QED) is 0.230. The molecule has 0 saturated carbocycles. The highest BCUT2D eigenvalue weighted by Gasteiger charge is 2.33. The number of alkyl halides is 4. The maximum absolute atomic E-state index is 13.7. The van der Waals surface area contributed by atoms with Crippen LogP contribution in [-0.2, 0) is 17.3 Å². The SMILES string of the molecule is COC(=O)c1cc(C(F)(F)F)cnc1Nc1ccc(F)cc1CCCCCBr. The lowest BCUT2D eigenvalue weighted by molar-refractivity contribution is -0.137. The number of carbonyl (C=O) groups is 1. The molecule has 2 aromatic rings. The van der Waals surface area contributed by atoms with E-state index in [1.54, 1.807) is 0 Å². The average Bonchev–Trinajstić information content (AvgIpc) is 2.66. The van der Waals surface area contributed by atoms with Crippen LogP contribution in [0.25, 0.3) is 0 Å². The van der Waals surface area contributed by atoms with Crippen molar-refractivity contribution in [2.75, 3.05) is 17.8 Å². The summed E-state index contributed by atoms with van der Waals surface area (Å²) >= 11 is 3.35. The highest BCUT2D eigenvalue weighted by atomic mass is 79.9. The number of methoxy groups -OCH3 is 1. The highest BCUT2D eigenvalue weighted by Crippen LogP contribution is 2.32. The summed E-state index contributed by atoms with van der Waals surface area (Å²) in [4.78, 5) is 15.7. The van der Waals surface area contributed by atoms with Crippen LogP contribution in [0.3, 0.4) is 0 Å². The molecule has 0 aliphatic heterocycles. The fourth-order valence-electron chi connectivity index (χ4n) is 2.59. The first-order valence-electron chi connectivity index (χ1n) is 8.53. The summed E-state index contributed by atoms with van der Waals surface area (Å²) < 4.78 is 57.1. The van der Waals surface area contributed by atoms with Gasteiger partial charge in [-0.2, -0.15) is 13.2 Å². The predicted octanol–water partition coefficient (Wildman–Crippen LogP) is 5.88. The number of nitrogens with one attached hydrogen (secondary N) is 1. The van der Waals surface area contributed by atoms with Gasteiger partial charge in [0.05, 0.1) is 12.7 Å². The van der Waals surface area contributed by atoms with Crippen LogP contribution in [0.15, 0.2) is 30.5 Å². The first kappa shape index (κ1) is 22.1. The van der Waals surface area contributed by atoms with E-state index >= 15 is 0 Å². The zero-order valence-corrected chi connectivity index (χ0v) is 16.7. The topological polar surface area (TPSA) is 51.2 Å². The van der Waals surface area contributed by atoms with E-state index in [0.29, 0.717) is 29.9 Å². The summed E-state index contributed by atoms with van der Waals surface area (Å²) in [5, 5.41) is 3.72. The number of nitrogens with zero attached hydrogens (tertiary/aromatic N) is 1. The molecule has 1 N–H and O–H groups in total.